The summed E-state index contributed by atoms with van der Waals surface area (Å²) in [4.78, 5) is 32.6. The summed E-state index contributed by atoms with van der Waals surface area (Å²) in [6.07, 6.45) is 7.16. The first-order valence-corrected chi connectivity index (χ1v) is 11.8. The highest BCUT2D eigenvalue weighted by Gasteiger charge is 2.26. The van der Waals surface area contributed by atoms with E-state index in [4.69, 9.17) is 4.74 Å². The SMILES string of the molecule is C=C/C(C#N)=C(\C=C(/C)NC(=O)N1CCCc2cc(CO)c(C=O)nc21)OCC1CCN(C)CC1. The number of aliphatic hydroxyl groups excluding tert-OH is 1. The Morgan fingerprint density at radius 3 is 2.77 bits per heavy atom. The first-order valence-electron chi connectivity index (χ1n) is 11.8. The van der Waals surface area contributed by atoms with Crippen LogP contribution in [-0.4, -0.2) is 60.6 Å². The lowest BCUT2D eigenvalue weighted by atomic mass is 9.98. The van der Waals surface area contributed by atoms with E-state index in [2.05, 4.69) is 34.9 Å². The minimum atomic E-state index is -0.396. The zero-order valence-corrected chi connectivity index (χ0v) is 20.4. The predicted molar refractivity (Wildman–Crippen MR) is 133 cm³/mol. The summed E-state index contributed by atoms with van der Waals surface area (Å²) in [5.74, 6) is 1.19. The molecule has 0 atom stereocenters. The van der Waals surface area contributed by atoms with Crippen LogP contribution in [0.4, 0.5) is 10.6 Å². The summed E-state index contributed by atoms with van der Waals surface area (Å²) in [6, 6.07) is 3.44. The molecule has 3 rings (SSSR count). The van der Waals surface area contributed by atoms with Gasteiger partial charge >= 0.3 is 6.03 Å². The Morgan fingerprint density at radius 2 is 2.14 bits per heavy atom. The summed E-state index contributed by atoms with van der Waals surface area (Å²) in [5, 5.41) is 21.9. The molecule has 9 heteroatoms. The molecule has 1 saturated heterocycles. The Balaban J connectivity index is 1.75. The first kappa shape index (κ1) is 26.1. The van der Waals surface area contributed by atoms with E-state index in [0.29, 0.717) is 60.2 Å². The number of aliphatic hydroxyl groups is 1. The molecule has 0 aliphatic carbocycles. The number of pyridine rings is 1. The third-order valence-electron chi connectivity index (χ3n) is 6.36. The molecular weight excluding hydrogens is 446 g/mol. The first-order chi connectivity index (χ1) is 16.9. The molecule has 0 saturated carbocycles. The fourth-order valence-electron chi connectivity index (χ4n) is 4.29. The van der Waals surface area contributed by atoms with Crippen molar-refractivity contribution in [1.82, 2.24) is 15.2 Å². The number of aldehydes is 1. The molecule has 0 bridgehead atoms. The Labute approximate surface area is 206 Å². The average Bonchev–Trinajstić information content (AvgIpc) is 2.87. The minimum absolute atomic E-state index is 0.121. The number of carbonyl (C=O) groups excluding carboxylic acids is 2. The number of hydrogen-bond donors (Lipinski definition) is 2. The summed E-state index contributed by atoms with van der Waals surface area (Å²) >= 11 is 0. The van der Waals surface area contributed by atoms with Crippen LogP contribution in [0.3, 0.4) is 0 Å². The number of ether oxygens (including phenoxy) is 1. The molecule has 2 amide bonds. The fourth-order valence-corrected chi connectivity index (χ4v) is 4.29. The topological polar surface area (TPSA) is 119 Å². The molecule has 1 aromatic heterocycles. The van der Waals surface area contributed by atoms with Gasteiger partial charge in [0.15, 0.2) is 6.29 Å². The van der Waals surface area contributed by atoms with Gasteiger partial charge in [0.1, 0.15) is 23.3 Å². The van der Waals surface area contributed by atoms with E-state index in [-0.39, 0.29) is 12.3 Å². The molecule has 2 N–H and O–H groups in total. The maximum atomic E-state index is 13.1. The third kappa shape index (κ3) is 6.56. The normalized spacial score (nSPS) is 17.7. The minimum Gasteiger partial charge on any atom is -0.492 e. The van der Waals surface area contributed by atoms with Gasteiger partial charge in [-0.05, 0) is 76.4 Å². The van der Waals surface area contributed by atoms with Crippen molar-refractivity contribution in [1.29, 1.82) is 5.26 Å². The Hall–Kier alpha value is -3.48. The monoisotopic (exact) mass is 479 g/mol. The number of nitrogens with zero attached hydrogens (tertiary/aromatic N) is 4. The second kappa shape index (κ2) is 12.3. The van der Waals surface area contributed by atoms with Gasteiger partial charge in [-0.15, -0.1) is 0 Å². The van der Waals surface area contributed by atoms with E-state index in [9.17, 15) is 20.0 Å². The number of urea groups is 1. The van der Waals surface area contributed by atoms with E-state index < -0.39 is 6.03 Å². The van der Waals surface area contributed by atoms with Gasteiger partial charge in [-0.2, -0.15) is 5.26 Å². The molecule has 2 aliphatic heterocycles. The van der Waals surface area contributed by atoms with Gasteiger partial charge in [-0.1, -0.05) is 6.58 Å². The number of piperidine rings is 1. The second-order valence-electron chi connectivity index (χ2n) is 8.96. The lowest BCUT2D eigenvalue weighted by molar-refractivity contribution is 0.111. The number of hydrogen-bond acceptors (Lipinski definition) is 7. The largest absolute Gasteiger partial charge is 0.492 e. The number of allylic oxidation sites excluding steroid dienone is 4. The van der Waals surface area contributed by atoms with E-state index in [1.807, 2.05) is 0 Å². The van der Waals surface area contributed by atoms with E-state index in [1.54, 1.807) is 19.1 Å². The number of nitriles is 1. The van der Waals surface area contributed by atoms with Gasteiger partial charge in [-0.25, -0.2) is 9.78 Å². The van der Waals surface area contributed by atoms with Crippen LogP contribution < -0.4 is 10.2 Å². The van der Waals surface area contributed by atoms with Gasteiger partial charge < -0.3 is 20.1 Å². The molecule has 0 aromatic carbocycles. The molecule has 1 fully saturated rings. The van der Waals surface area contributed by atoms with Gasteiger partial charge in [0.05, 0.1) is 18.8 Å². The van der Waals surface area contributed by atoms with Crippen LogP contribution in [0.5, 0.6) is 0 Å². The van der Waals surface area contributed by atoms with Gasteiger partial charge in [0, 0.05) is 23.9 Å². The van der Waals surface area contributed by atoms with E-state index in [0.717, 1.165) is 37.9 Å². The van der Waals surface area contributed by atoms with E-state index >= 15 is 0 Å². The van der Waals surface area contributed by atoms with Crippen LogP contribution >= 0.6 is 0 Å². The number of carbonyl (C=O) groups is 2. The van der Waals surface area contributed by atoms with Crippen molar-refractivity contribution in [2.24, 2.45) is 5.92 Å². The number of likely N-dealkylation sites (tertiary alicyclic amines) is 1. The van der Waals surface area contributed by atoms with Crippen LogP contribution in [-0.2, 0) is 17.8 Å². The zero-order valence-electron chi connectivity index (χ0n) is 20.4. The van der Waals surface area contributed by atoms with Gasteiger partial charge in [-0.3, -0.25) is 9.69 Å². The van der Waals surface area contributed by atoms with E-state index in [1.165, 1.54) is 11.0 Å². The van der Waals surface area contributed by atoms with Gasteiger partial charge in [0.2, 0.25) is 0 Å². The molecule has 186 valence electrons. The number of aryl methyl sites for hydroxylation is 1. The molecule has 3 heterocycles. The molecule has 9 nitrogen and oxygen atoms in total. The van der Waals surface area contributed by atoms with Crippen LogP contribution in [0.15, 0.2) is 41.8 Å². The summed E-state index contributed by atoms with van der Waals surface area (Å²) in [5.41, 5.74) is 2.17. The van der Waals surface area contributed by atoms with Gasteiger partial charge in [0.25, 0.3) is 0 Å². The molecule has 0 spiro atoms. The number of amides is 2. The van der Waals surface area contributed by atoms with Crippen molar-refractivity contribution in [2.45, 2.75) is 39.2 Å². The average molecular weight is 480 g/mol. The third-order valence-corrected chi connectivity index (χ3v) is 6.36. The highest BCUT2D eigenvalue weighted by atomic mass is 16.5. The van der Waals surface area contributed by atoms with Crippen molar-refractivity contribution >= 4 is 18.1 Å². The van der Waals surface area contributed by atoms with Crippen LogP contribution in [0, 0.1) is 17.2 Å². The molecule has 0 unspecified atom stereocenters. The summed E-state index contributed by atoms with van der Waals surface area (Å²) < 4.78 is 6.02. The lowest BCUT2D eigenvalue weighted by Gasteiger charge is -2.29. The quantitative estimate of drug-likeness (QED) is 0.255. The zero-order chi connectivity index (χ0) is 25.4. The van der Waals surface area contributed by atoms with Crippen LogP contribution in [0.25, 0.3) is 0 Å². The van der Waals surface area contributed by atoms with Crippen LogP contribution in [0.2, 0.25) is 0 Å². The summed E-state index contributed by atoms with van der Waals surface area (Å²) in [7, 11) is 2.10. The van der Waals surface area contributed by atoms with Crippen molar-refractivity contribution in [3.8, 4) is 6.07 Å². The molecular formula is C26H33N5O4. The van der Waals surface area contributed by atoms with Crippen molar-refractivity contribution in [3.05, 3.63) is 58.6 Å². The van der Waals surface area contributed by atoms with Crippen molar-refractivity contribution in [2.75, 3.05) is 38.2 Å². The Kier molecular flexibility index (Phi) is 9.18. The molecule has 1 aromatic rings. The predicted octanol–water partition coefficient (Wildman–Crippen LogP) is 3.07. The maximum absolute atomic E-state index is 13.1. The molecule has 0 radical (unpaired) electrons. The second-order valence-corrected chi connectivity index (χ2v) is 8.96. The number of anilines is 1. The fraction of sp³-hybridized carbons (Fsp3) is 0.462. The number of aromatic nitrogens is 1. The number of rotatable bonds is 8. The standard InChI is InChI=1S/C26H33N5O4/c1-4-20(14-27)24(35-17-19-7-10-30(3)11-8-19)12-18(2)28-26(34)31-9-5-6-21-13-22(15-32)23(16-33)29-25(21)31/h4,12-13,16,19,32H,1,5-11,15,17H2,2-3H3,(H,28,34)/b18-12+,24-20-. The van der Waals surface area contributed by atoms with Crippen molar-refractivity contribution < 1.29 is 19.4 Å². The summed E-state index contributed by atoms with van der Waals surface area (Å²) in [6.45, 7) is 8.10. The molecule has 35 heavy (non-hydrogen) atoms. The highest BCUT2D eigenvalue weighted by molar-refractivity contribution is 5.93. The highest BCUT2D eigenvalue weighted by Crippen LogP contribution is 2.27. The Morgan fingerprint density at radius 1 is 1.40 bits per heavy atom. The number of nitrogens with one attached hydrogen (secondary N) is 1. The smallest absolute Gasteiger partial charge is 0.327 e. The van der Waals surface area contributed by atoms with Crippen LogP contribution in [0.1, 0.15) is 47.8 Å². The lowest BCUT2D eigenvalue weighted by Crippen LogP contribution is -2.43. The number of fused-ring (bicyclic) bond motifs is 1. The molecule has 2 aliphatic rings. The van der Waals surface area contributed by atoms with Crippen molar-refractivity contribution in [3.63, 3.8) is 0 Å². The maximum Gasteiger partial charge on any atom is 0.327 e. The Bertz CT molecular complexity index is 1060.